The van der Waals surface area contributed by atoms with Crippen molar-refractivity contribution in [2.75, 3.05) is 24.6 Å². The average molecular weight is 191 g/mol. The fourth-order valence-corrected chi connectivity index (χ4v) is 2.03. The molecule has 3 nitrogen and oxygen atoms in total. The first kappa shape index (κ1) is 9.34. The molecule has 76 valence electrons. The zero-order valence-electron chi connectivity index (χ0n) is 8.51. The molecule has 2 rings (SSSR count). The zero-order valence-corrected chi connectivity index (χ0v) is 8.51. The predicted molar refractivity (Wildman–Crippen MR) is 60.2 cm³/mol. The van der Waals surface area contributed by atoms with E-state index in [-0.39, 0.29) is 0 Å². The molecule has 1 saturated heterocycles. The molecule has 0 bridgehead atoms. The second kappa shape index (κ2) is 3.50. The van der Waals surface area contributed by atoms with Crippen LogP contribution in [0.25, 0.3) is 0 Å². The molecular weight excluding hydrogens is 174 g/mol. The van der Waals surface area contributed by atoms with Crippen LogP contribution >= 0.6 is 0 Å². The Morgan fingerprint density at radius 3 is 2.71 bits per heavy atom. The van der Waals surface area contributed by atoms with E-state index in [1.54, 1.807) is 0 Å². The van der Waals surface area contributed by atoms with E-state index in [2.05, 4.69) is 11.4 Å². The molecule has 1 aliphatic rings. The Kier molecular flexibility index (Phi) is 2.33. The van der Waals surface area contributed by atoms with E-state index in [9.17, 15) is 0 Å². The van der Waals surface area contributed by atoms with Crippen LogP contribution in [0.4, 0.5) is 11.4 Å². The van der Waals surface area contributed by atoms with Crippen LogP contribution < -0.4 is 16.8 Å². The van der Waals surface area contributed by atoms with E-state index in [1.807, 2.05) is 13.0 Å². The summed E-state index contributed by atoms with van der Waals surface area (Å²) in [5.41, 5.74) is 15.5. The minimum absolute atomic E-state index is 0.608. The summed E-state index contributed by atoms with van der Waals surface area (Å²) in [4.78, 5) is 0. The molecule has 1 fully saturated rings. The molecular formula is C11H17N3. The predicted octanol–water partition coefficient (Wildman–Crippen LogP) is 1.24. The Morgan fingerprint density at radius 1 is 1.36 bits per heavy atom. The lowest BCUT2D eigenvalue weighted by Gasteiger charge is -2.13. The molecule has 0 spiro atoms. The summed E-state index contributed by atoms with van der Waals surface area (Å²) in [6, 6.07) is 4.17. The Balaban J connectivity index is 2.34. The van der Waals surface area contributed by atoms with Gasteiger partial charge in [0.1, 0.15) is 0 Å². The standard InChI is InChI=1S/C11H17N3/c1-7-4-9(5-10(12)11(7)13)8-2-3-14-6-8/h4-5,8,14H,2-3,6,12-13H2,1H3. The van der Waals surface area contributed by atoms with Crippen LogP contribution in [0.1, 0.15) is 23.5 Å². The normalized spacial score (nSPS) is 21.4. The molecule has 0 amide bonds. The monoisotopic (exact) mass is 191 g/mol. The van der Waals surface area contributed by atoms with Crippen molar-refractivity contribution in [3.8, 4) is 0 Å². The number of nitrogens with one attached hydrogen (secondary N) is 1. The van der Waals surface area contributed by atoms with Crippen molar-refractivity contribution in [2.24, 2.45) is 0 Å². The van der Waals surface area contributed by atoms with E-state index in [1.165, 1.54) is 12.0 Å². The third kappa shape index (κ3) is 1.55. The molecule has 0 aromatic heterocycles. The van der Waals surface area contributed by atoms with E-state index in [4.69, 9.17) is 11.5 Å². The van der Waals surface area contributed by atoms with Gasteiger partial charge in [-0.25, -0.2) is 0 Å². The van der Waals surface area contributed by atoms with Gasteiger partial charge in [0, 0.05) is 6.54 Å². The fraction of sp³-hybridized carbons (Fsp3) is 0.455. The summed E-state index contributed by atoms with van der Waals surface area (Å²) in [7, 11) is 0. The third-order valence-electron chi connectivity index (χ3n) is 2.97. The van der Waals surface area contributed by atoms with E-state index in [0.717, 1.165) is 24.3 Å². The van der Waals surface area contributed by atoms with Gasteiger partial charge in [-0.15, -0.1) is 0 Å². The van der Waals surface area contributed by atoms with Gasteiger partial charge in [-0.1, -0.05) is 6.07 Å². The molecule has 5 N–H and O–H groups in total. The Hall–Kier alpha value is -1.22. The third-order valence-corrected chi connectivity index (χ3v) is 2.97. The number of benzene rings is 1. The first-order valence-electron chi connectivity index (χ1n) is 5.04. The van der Waals surface area contributed by atoms with Gasteiger partial charge in [0.05, 0.1) is 11.4 Å². The zero-order chi connectivity index (χ0) is 10.1. The lowest BCUT2D eigenvalue weighted by Crippen LogP contribution is -2.09. The summed E-state index contributed by atoms with van der Waals surface area (Å²) in [6.07, 6.45) is 1.20. The fourth-order valence-electron chi connectivity index (χ4n) is 2.03. The average Bonchev–Trinajstić information content (AvgIpc) is 2.66. The summed E-state index contributed by atoms with van der Waals surface area (Å²) in [6.45, 7) is 4.17. The molecule has 3 heteroatoms. The first-order valence-corrected chi connectivity index (χ1v) is 5.04. The second-order valence-corrected chi connectivity index (χ2v) is 4.03. The molecule has 1 heterocycles. The first-order chi connectivity index (χ1) is 6.68. The van der Waals surface area contributed by atoms with Crippen molar-refractivity contribution in [3.05, 3.63) is 23.3 Å². The van der Waals surface area contributed by atoms with Crippen LogP contribution in [-0.2, 0) is 0 Å². The van der Waals surface area contributed by atoms with Crippen molar-refractivity contribution in [1.82, 2.24) is 5.32 Å². The van der Waals surface area contributed by atoms with E-state index in [0.29, 0.717) is 11.6 Å². The molecule has 0 aliphatic carbocycles. The minimum atomic E-state index is 0.608. The Bertz CT molecular complexity index is 317. The van der Waals surface area contributed by atoms with Gasteiger partial charge in [0.15, 0.2) is 0 Å². The quantitative estimate of drug-likeness (QED) is 0.585. The second-order valence-electron chi connectivity index (χ2n) is 4.03. The van der Waals surface area contributed by atoms with Crippen molar-refractivity contribution < 1.29 is 0 Å². The lowest BCUT2D eigenvalue weighted by atomic mass is 9.95. The van der Waals surface area contributed by atoms with Crippen LogP contribution in [0, 0.1) is 6.92 Å². The Labute approximate surface area is 84.5 Å². The molecule has 0 radical (unpaired) electrons. The SMILES string of the molecule is Cc1cc(C2CCNC2)cc(N)c1N. The number of hydrogen-bond acceptors (Lipinski definition) is 3. The van der Waals surface area contributed by atoms with Crippen LogP contribution in [0.3, 0.4) is 0 Å². The summed E-state index contributed by atoms with van der Waals surface area (Å²) in [5.74, 6) is 0.608. The van der Waals surface area contributed by atoms with Gasteiger partial charge >= 0.3 is 0 Å². The highest BCUT2D eigenvalue weighted by molar-refractivity contribution is 5.68. The molecule has 1 aromatic rings. The summed E-state index contributed by atoms with van der Waals surface area (Å²) in [5, 5.41) is 3.35. The smallest absolute Gasteiger partial charge is 0.0577 e. The Morgan fingerprint density at radius 2 is 2.14 bits per heavy atom. The van der Waals surface area contributed by atoms with Crippen LogP contribution in [0.2, 0.25) is 0 Å². The van der Waals surface area contributed by atoms with Gasteiger partial charge in [0.25, 0.3) is 0 Å². The number of aryl methyl sites for hydroxylation is 1. The number of rotatable bonds is 1. The summed E-state index contributed by atoms with van der Waals surface area (Å²) >= 11 is 0. The highest BCUT2D eigenvalue weighted by Gasteiger charge is 2.17. The number of anilines is 2. The molecule has 1 aliphatic heterocycles. The molecule has 1 unspecified atom stereocenters. The van der Waals surface area contributed by atoms with E-state index < -0.39 is 0 Å². The number of hydrogen-bond donors (Lipinski definition) is 3. The largest absolute Gasteiger partial charge is 0.397 e. The van der Waals surface area contributed by atoms with Crippen LogP contribution in [0.15, 0.2) is 12.1 Å². The van der Waals surface area contributed by atoms with Gasteiger partial charge in [-0.3, -0.25) is 0 Å². The van der Waals surface area contributed by atoms with Crippen molar-refractivity contribution in [3.63, 3.8) is 0 Å². The molecule has 14 heavy (non-hydrogen) atoms. The molecule has 0 saturated carbocycles. The number of nitrogen functional groups attached to an aromatic ring is 2. The van der Waals surface area contributed by atoms with Crippen LogP contribution in [0.5, 0.6) is 0 Å². The lowest BCUT2D eigenvalue weighted by molar-refractivity contribution is 0.763. The van der Waals surface area contributed by atoms with E-state index >= 15 is 0 Å². The summed E-state index contributed by atoms with van der Waals surface area (Å²) < 4.78 is 0. The van der Waals surface area contributed by atoms with Crippen molar-refractivity contribution in [1.29, 1.82) is 0 Å². The maximum Gasteiger partial charge on any atom is 0.0577 e. The maximum atomic E-state index is 5.84. The van der Waals surface area contributed by atoms with Crippen molar-refractivity contribution >= 4 is 11.4 Å². The minimum Gasteiger partial charge on any atom is -0.397 e. The van der Waals surface area contributed by atoms with Gasteiger partial charge in [-0.05, 0) is 43.0 Å². The van der Waals surface area contributed by atoms with Crippen molar-refractivity contribution in [2.45, 2.75) is 19.3 Å². The number of nitrogens with two attached hydrogens (primary N) is 2. The maximum absolute atomic E-state index is 5.84. The topological polar surface area (TPSA) is 64.1 Å². The molecule has 1 atom stereocenters. The van der Waals surface area contributed by atoms with Gasteiger partial charge in [0.2, 0.25) is 0 Å². The van der Waals surface area contributed by atoms with Crippen LogP contribution in [-0.4, -0.2) is 13.1 Å². The van der Waals surface area contributed by atoms with Gasteiger partial charge in [-0.2, -0.15) is 0 Å². The highest BCUT2D eigenvalue weighted by atomic mass is 14.9. The van der Waals surface area contributed by atoms with Gasteiger partial charge < -0.3 is 16.8 Å². The molecule has 1 aromatic carbocycles. The highest BCUT2D eigenvalue weighted by Crippen LogP contribution is 2.29.